The van der Waals surface area contributed by atoms with Crippen LogP contribution < -0.4 is 10.6 Å². The number of nitrogens with zero attached hydrogens (tertiary/aromatic N) is 1. The van der Waals surface area contributed by atoms with E-state index >= 15 is 0 Å². The van der Waals surface area contributed by atoms with E-state index in [1.54, 1.807) is 41.5 Å². The number of rotatable bonds is 13. The molecule has 1 aliphatic carbocycles. The van der Waals surface area contributed by atoms with Gasteiger partial charge in [0, 0.05) is 12.5 Å². The van der Waals surface area contributed by atoms with Gasteiger partial charge in [0.25, 0.3) is 0 Å². The number of aliphatic carboxylic acids is 1. The third-order valence-electron chi connectivity index (χ3n) is 6.90. The van der Waals surface area contributed by atoms with Crippen molar-refractivity contribution in [3.05, 3.63) is 59.7 Å². The number of esters is 2. The van der Waals surface area contributed by atoms with Crippen molar-refractivity contribution in [2.24, 2.45) is 0 Å². The fourth-order valence-electron chi connectivity index (χ4n) is 5.08. The van der Waals surface area contributed by atoms with Crippen molar-refractivity contribution < 1.29 is 43.3 Å². The van der Waals surface area contributed by atoms with Gasteiger partial charge in [0.1, 0.15) is 36.9 Å². The highest BCUT2D eigenvalue weighted by Crippen LogP contribution is 2.44. The summed E-state index contributed by atoms with van der Waals surface area (Å²) in [6.45, 7) is 9.40. The molecule has 0 aliphatic heterocycles. The normalized spacial score (nSPS) is 13.1. The summed E-state index contributed by atoms with van der Waals surface area (Å²) in [5.74, 6) is -2.74. The first kappa shape index (κ1) is 35.9. The number of alkyl carbamates (subject to hydrolysis) is 1. The van der Waals surface area contributed by atoms with Gasteiger partial charge < -0.3 is 34.9 Å². The second-order valence-corrected chi connectivity index (χ2v) is 13.1. The summed E-state index contributed by atoms with van der Waals surface area (Å²) in [6.07, 6.45) is -0.0229. The van der Waals surface area contributed by atoms with Crippen LogP contribution in [0, 0.1) is 0 Å². The molecule has 46 heavy (non-hydrogen) atoms. The number of carbonyl (C=O) groups excluding carboxylic acids is 4. The zero-order chi connectivity index (χ0) is 34.1. The fraction of sp³-hybridized carbons (Fsp3) is 0.500. The molecule has 3 N–H and O–H groups in total. The van der Waals surface area contributed by atoms with Gasteiger partial charge in [-0.15, -0.1) is 0 Å². The maximum absolute atomic E-state index is 12.9. The smallest absolute Gasteiger partial charge is 0.407 e. The number of amides is 3. The minimum atomic E-state index is -1.21. The van der Waals surface area contributed by atoms with Gasteiger partial charge in [0.05, 0.1) is 0 Å². The molecule has 12 heteroatoms. The molecule has 0 aromatic heterocycles. The van der Waals surface area contributed by atoms with Crippen LogP contribution in [0.1, 0.15) is 77.8 Å². The Morgan fingerprint density at radius 3 is 1.78 bits per heavy atom. The number of carbonyl (C=O) groups is 5. The molecule has 0 heterocycles. The second kappa shape index (κ2) is 15.6. The van der Waals surface area contributed by atoms with Gasteiger partial charge in [-0.1, -0.05) is 48.5 Å². The summed E-state index contributed by atoms with van der Waals surface area (Å²) in [4.78, 5) is 63.1. The lowest BCUT2D eigenvalue weighted by atomic mass is 9.98. The Morgan fingerprint density at radius 2 is 1.30 bits per heavy atom. The van der Waals surface area contributed by atoms with Crippen molar-refractivity contribution in [2.45, 2.75) is 84.0 Å². The maximum atomic E-state index is 12.9. The maximum Gasteiger partial charge on any atom is 0.407 e. The molecule has 0 radical (unpaired) electrons. The minimum absolute atomic E-state index is 0.0569. The predicted molar refractivity (Wildman–Crippen MR) is 170 cm³/mol. The summed E-state index contributed by atoms with van der Waals surface area (Å²) in [7, 11) is 0. The van der Waals surface area contributed by atoms with E-state index in [1.807, 2.05) is 48.5 Å². The van der Waals surface area contributed by atoms with Crippen molar-refractivity contribution in [2.75, 3.05) is 26.2 Å². The Morgan fingerprint density at radius 1 is 0.804 bits per heavy atom. The lowest BCUT2D eigenvalue weighted by Crippen LogP contribution is -2.47. The first-order valence-electron chi connectivity index (χ1n) is 15.3. The molecule has 2 aromatic carbocycles. The molecule has 0 saturated heterocycles. The molecule has 12 nitrogen and oxygen atoms in total. The Labute approximate surface area is 269 Å². The number of carboxylic acid groups (broad SMARTS) is 1. The summed E-state index contributed by atoms with van der Waals surface area (Å²) < 4.78 is 16.1. The van der Waals surface area contributed by atoms with Crippen molar-refractivity contribution in [3.8, 4) is 11.1 Å². The molecule has 250 valence electrons. The summed E-state index contributed by atoms with van der Waals surface area (Å²) in [5, 5.41) is 14.7. The van der Waals surface area contributed by atoms with E-state index in [9.17, 15) is 29.1 Å². The van der Waals surface area contributed by atoms with E-state index in [4.69, 9.17) is 14.2 Å². The Bertz CT molecular complexity index is 1340. The Hall–Kier alpha value is -4.61. The number of carboxylic acids is 1. The molecule has 1 aliphatic rings. The lowest BCUT2D eigenvalue weighted by molar-refractivity contribution is -0.158. The van der Waals surface area contributed by atoms with Gasteiger partial charge >= 0.3 is 30.0 Å². The number of nitrogens with one attached hydrogen (secondary N) is 2. The molecular formula is C34H45N3O9. The number of hydrogen-bond acceptors (Lipinski definition) is 8. The molecule has 2 aromatic rings. The van der Waals surface area contributed by atoms with Crippen LogP contribution in [-0.4, -0.2) is 83.5 Å². The van der Waals surface area contributed by atoms with Gasteiger partial charge in [-0.05, 0) is 83.1 Å². The predicted octanol–water partition coefficient (Wildman–Crippen LogP) is 4.84. The molecular weight excluding hydrogens is 594 g/mol. The molecule has 0 unspecified atom stereocenters. The summed E-state index contributed by atoms with van der Waals surface area (Å²) in [5.41, 5.74) is 2.70. The SMILES string of the molecule is CC(C)(C)OC(=O)CN(CC(=O)OC(C)(C)C)C(=O)NCCCC[C@H](NC(=O)OCC1c2ccccc2-c2ccccc21)C(=O)O. The fourth-order valence-corrected chi connectivity index (χ4v) is 5.08. The molecule has 0 saturated carbocycles. The van der Waals surface area contributed by atoms with Crippen LogP contribution in [0.3, 0.4) is 0 Å². The van der Waals surface area contributed by atoms with E-state index < -0.39 is 60.4 Å². The molecule has 0 fully saturated rings. The number of ether oxygens (including phenoxy) is 3. The average molecular weight is 640 g/mol. The van der Waals surface area contributed by atoms with Crippen LogP contribution >= 0.6 is 0 Å². The van der Waals surface area contributed by atoms with Crippen molar-refractivity contribution in [1.82, 2.24) is 15.5 Å². The number of benzene rings is 2. The van der Waals surface area contributed by atoms with Gasteiger partial charge in [-0.3, -0.25) is 9.59 Å². The lowest BCUT2D eigenvalue weighted by Gasteiger charge is -2.26. The van der Waals surface area contributed by atoms with Gasteiger partial charge in [-0.25, -0.2) is 14.4 Å². The highest BCUT2D eigenvalue weighted by atomic mass is 16.6. The number of fused-ring (bicyclic) bond motifs is 3. The summed E-state index contributed by atoms with van der Waals surface area (Å²) in [6, 6.07) is 13.9. The number of hydrogen-bond donors (Lipinski definition) is 3. The van der Waals surface area contributed by atoms with Gasteiger partial charge in [0.2, 0.25) is 0 Å². The number of unbranched alkanes of at least 4 members (excludes halogenated alkanes) is 1. The van der Waals surface area contributed by atoms with Crippen molar-refractivity contribution in [3.63, 3.8) is 0 Å². The quantitative estimate of drug-likeness (QED) is 0.158. The van der Waals surface area contributed by atoms with E-state index in [0.29, 0.717) is 12.8 Å². The average Bonchev–Trinajstić information content (AvgIpc) is 3.26. The van der Waals surface area contributed by atoms with Crippen molar-refractivity contribution in [1.29, 1.82) is 0 Å². The molecule has 0 spiro atoms. The summed E-state index contributed by atoms with van der Waals surface area (Å²) >= 11 is 0. The molecule has 3 amide bonds. The number of urea groups is 1. The van der Waals surface area contributed by atoms with Crippen LogP contribution in [0.25, 0.3) is 11.1 Å². The Balaban J connectivity index is 1.47. The Kier molecular flexibility index (Phi) is 12.2. The standard InChI is InChI=1S/C34H45N3O9/c1-33(2,3)45-28(38)19-37(20-29(39)46-34(4,5)6)31(42)35-18-12-11-17-27(30(40)41)36-32(43)44-21-26-24-15-9-7-13-22(24)23-14-8-10-16-25(23)26/h7-10,13-16,26-27H,11-12,17-21H2,1-6H3,(H,35,42)(H,36,43)(H,40,41)/t27-/m0/s1. The van der Waals surface area contributed by atoms with Crippen LogP contribution in [0.4, 0.5) is 9.59 Å². The van der Waals surface area contributed by atoms with E-state index in [-0.39, 0.29) is 25.5 Å². The van der Waals surface area contributed by atoms with Crippen LogP contribution in [0.5, 0.6) is 0 Å². The minimum Gasteiger partial charge on any atom is -0.480 e. The van der Waals surface area contributed by atoms with E-state index in [1.165, 1.54) is 0 Å². The van der Waals surface area contributed by atoms with Crippen molar-refractivity contribution >= 4 is 30.0 Å². The first-order valence-corrected chi connectivity index (χ1v) is 15.3. The zero-order valence-electron chi connectivity index (χ0n) is 27.4. The third kappa shape index (κ3) is 11.1. The largest absolute Gasteiger partial charge is 0.480 e. The monoisotopic (exact) mass is 639 g/mol. The first-order chi connectivity index (χ1) is 21.5. The van der Waals surface area contributed by atoms with Crippen LogP contribution in [0.2, 0.25) is 0 Å². The molecule has 3 rings (SSSR count). The molecule has 1 atom stereocenters. The van der Waals surface area contributed by atoms with Crippen LogP contribution in [0.15, 0.2) is 48.5 Å². The van der Waals surface area contributed by atoms with Crippen LogP contribution in [-0.2, 0) is 28.6 Å². The third-order valence-corrected chi connectivity index (χ3v) is 6.90. The second-order valence-electron chi connectivity index (χ2n) is 13.1. The zero-order valence-corrected chi connectivity index (χ0v) is 27.4. The molecule has 0 bridgehead atoms. The highest BCUT2D eigenvalue weighted by molar-refractivity contribution is 5.85. The highest BCUT2D eigenvalue weighted by Gasteiger charge is 2.30. The van der Waals surface area contributed by atoms with E-state index in [2.05, 4.69) is 10.6 Å². The van der Waals surface area contributed by atoms with Gasteiger partial charge in [-0.2, -0.15) is 0 Å². The topological polar surface area (TPSA) is 161 Å². The van der Waals surface area contributed by atoms with E-state index in [0.717, 1.165) is 27.2 Å². The van der Waals surface area contributed by atoms with Gasteiger partial charge in [0.15, 0.2) is 0 Å².